The second kappa shape index (κ2) is 4.94. The Morgan fingerprint density at radius 1 is 1.46 bits per heavy atom. The van der Waals surface area contributed by atoms with E-state index in [1.165, 1.54) is 12.7 Å². The van der Waals surface area contributed by atoms with Crippen molar-refractivity contribution in [3.63, 3.8) is 0 Å². The van der Waals surface area contributed by atoms with Crippen molar-refractivity contribution < 1.29 is 29.1 Å². The molecule has 0 saturated heterocycles. The summed E-state index contributed by atoms with van der Waals surface area (Å²) in [6.07, 6.45) is 0.881. The molecule has 5 N–H and O–H groups in total. The lowest BCUT2D eigenvalue weighted by molar-refractivity contribution is -0.221. The maximum absolute atomic E-state index is 10.8. The molecule has 11 nitrogen and oxygen atoms in total. The third-order valence-electron chi connectivity index (χ3n) is 5.06. The molecule has 2 fully saturated rings. The summed E-state index contributed by atoms with van der Waals surface area (Å²) in [5.41, 5.74) is 5.71. The van der Waals surface area contributed by atoms with Crippen molar-refractivity contribution in [1.82, 2.24) is 19.5 Å². The summed E-state index contributed by atoms with van der Waals surface area (Å²) in [5, 5.41) is 20.8. The Balaban J connectivity index is 1.69. The maximum Gasteiger partial charge on any atom is 0.265 e. The van der Waals surface area contributed by atoms with Crippen molar-refractivity contribution >= 4 is 24.8 Å². The first-order valence-electron chi connectivity index (χ1n) is 7.24. The Morgan fingerprint density at radius 3 is 2.92 bits per heavy atom. The van der Waals surface area contributed by atoms with Gasteiger partial charge >= 0.3 is 0 Å². The van der Waals surface area contributed by atoms with Crippen LogP contribution in [0.4, 0.5) is 5.82 Å². The first-order chi connectivity index (χ1) is 11.3. The van der Waals surface area contributed by atoms with Gasteiger partial charge in [0.2, 0.25) is 0 Å². The number of aliphatic hydroxyl groups excluding tert-OH is 2. The highest BCUT2D eigenvalue weighted by Gasteiger charge is 2.72. The minimum Gasteiger partial charge on any atom is -0.756 e. The number of aliphatic hydroxyl groups is 2. The molecule has 0 aliphatic heterocycles. The SMILES string of the molecule is Nc1ncnc2c1ncn2[C@]12C[C@H]1[C@H](COP(=O)([O-])O)[C@@H](O)[C@H]2O. The fraction of sp³-hybridized carbons (Fsp3) is 0.583. The molecule has 6 atom stereocenters. The predicted octanol–water partition coefficient (Wildman–Crippen LogP) is -2.05. The van der Waals surface area contributed by atoms with Crippen molar-refractivity contribution in [2.45, 2.75) is 24.2 Å². The lowest BCUT2D eigenvalue weighted by atomic mass is 10.0. The van der Waals surface area contributed by atoms with E-state index in [1.54, 1.807) is 4.57 Å². The minimum atomic E-state index is -4.90. The molecule has 24 heavy (non-hydrogen) atoms. The van der Waals surface area contributed by atoms with Gasteiger partial charge in [-0.15, -0.1) is 0 Å². The first-order valence-corrected chi connectivity index (χ1v) is 8.74. The number of nitrogen functional groups attached to an aromatic ring is 1. The lowest BCUT2D eigenvalue weighted by Gasteiger charge is -2.25. The third-order valence-corrected chi connectivity index (χ3v) is 5.54. The number of hydrogen-bond donors (Lipinski definition) is 4. The highest BCUT2D eigenvalue weighted by atomic mass is 31.2. The van der Waals surface area contributed by atoms with E-state index in [1.807, 2.05) is 0 Å². The van der Waals surface area contributed by atoms with Crippen LogP contribution in [0.15, 0.2) is 12.7 Å². The summed E-state index contributed by atoms with van der Waals surface area (Å²) < 4.78 is 16.8. The number of nitrogens with two attached hydrogens (primary N) is 1. The van der Waals surface area contributed by atoms with Crippen LogP contribution < -0.4 is 10.6 Å². The Labute approximate surface area is 135 Å². The molecule has 0 spiro atoms. The lowest BCUT2D eigenvalue weighted by Crippen LogP contribution is -2.39. The van der Waals surface area contributed by atoms with Gasteiger partial charge in [-0.1, -0.05) is 0 Å². The number of phosphoric ester groups is 1. The van der Waals surface area contributed by atoms with E-state index in [0.717, 1.165) is 0 Å². The molecule has 1 unspecified atom stereocenters. The van der Waals surface area contributed by atoms with E-state index in [4.69, 9.17) is 10.6 Å². The molecule has 2 aliphatic rings. The third kappa shape index (κ3) is 2.10. The molecule has 12 heteroatoms. The second-order valence-corrected chi connectivity index (χ2v) is 7.41. The van der Waals surface area contributed by atoms with E-state index in [-0.39, 0.29) is 11.7 Å². The standard InChI is InChI=1S/C12H16N5O6P/c13-10-7-11(15-3-14-10)17(4-16-7)12-1-6(12)5(8(18)9(12)19)2-23-24(20,21)22/h3-6,8-9,18-19H,1-2H2,(H2,13,14,15)(H2,20,21,22)/p-1/t5-,6-,8+,9+,12+/m0/s1. The summed E-state index contributed by atoms with van der Waals surface area (Å²) in [6.45, 7) is -0.411. The quantitative estimate of drug-likeness (QED) is 0.445. The zero-order chi connectivity index (χ0) is 17.3. The van der Waals surface area contributed by atoms with E-state index >= 15 is 0 Å². The average molecular weight is 356 g/mol. The van der Waals surface area contributed by atoms with Crippen molar-refractivity contribution in [3.8, 4) is 0 Å². The van der Waals surface area contributed by atoms with E-state index < -0.39 is 38.1 Å². The first kappa shape index (κ1) is 15.9. The van der Waals surface area contributed by atoms with Gasteiger partial charge in [0, 0.05) is 5.92 Å². The number of hydrogen-bond acceptors (Lipinski definition) is 9. The Hall–Kier alpha value is -1.62. The van der Waals surface area contributed by atoms with Crippen LogP contribution in [-0.4, -0.2) is 53.4 Å². The van der Waals surface area contributed by atoms with Crippen LogP contribution in [0.25, 0.3) is 11.2 Å². The molecular formula is C12H15N5O6P-. The number of rotatable bonds is 4. The molecule has 2 aromatic rings. The van der Waals surface area contributed by atoms with E-state index in [2.05, 4.69) is 19.5 Å². The minimum absolute atomic E-state index is 0.202. The van der Waals surface area contributed by atoms with E-state index in [0.29, 0.717) is 17.6 Å². The Kier molecular flexibility index (Phi) is 3.27. The molecule has 2 aliphatic carbocycles. The number of fused-ring (bicyclic) bond motifs is 2. The monoisotopic (exact) mass is 356 g/mol. The topological polar surface area (TPSA) is 180 Å². The molecule has 2 heterocycles. The zero-order valence-corrected chi connectivity index (χ0v) is 13.2. The van der Waals surface area contributed by atoms with Gasteiger partial charge < -0.3 is 34.8 Å². The van der Waals surface area contributed by atoms with Gasteiger partial charge in [-0.05, 0) is 12.3 Å². The van der Waals surface area contributed by atoms with Gasteiger partial charge in [0.05, 0.1) is 24.6 Å². The maximum atomic E-state index is 10.8. The zero-order valence-electron chi connectivity index (χ0n) is 12.3. The predicted molar refractivity (Wildman–Crippen MR) is 77.1 cm³/mol. The summed E-state index contributed by atoms with van der Waals surface area (Å²) >= 11 is 0. The number of anilines is 1. The summed E-state index contributed by atoms with van der Waals surface area (Å²) in [4.78, 5) is 31.7. The molecular weight excluding hydrogens is 341 g/mol. The van der Waals surface area contributed by atoms with Crippen LogP contribution in [0.5, 0.6) is 0 Å². The number of nitrogens with zero attached hydrogens (tertiary/aromatic N) is 4. The van der Waals surface area contributed by atoms with Crippen LogP contribution >= 0.6 is 7.82 Å². The summed E-state index contributed by atoms with van der Waals surface area (Å²) in [7, 11) is -4.90. The second-order valence-electron chi connectivity index (χ2n) is 6.21. The van der Waals surface area contributed by atoms with Crippen LogP contribution in [0.3, 0.4) is 0 Å². The smallest absolute Gasteiger partial charge is 0.265 e. The Morgan fingerprint density at radius 2 is 2.21 bits per heavy atom. The Bertz CT molecular complexity index is 854. The van der Waals surface area contributed by atoms with Crippen LogP contribution in [0.2, 0.25) is 0 Å². The summed E-state index contributed by atoms with van der Waals surface area (Å²) in [6, 6.07) is 0. The molecule has 2 aromatic heterocycles. The van der Waals surface area contributed by atoms with Crippen LogP contribution in [0, 0.1) is 11.8 Å². The van der Waals surface area contributed by atoms with Crippen molar-refractivity contribution in [2.75, 3.05) is 12.3 Å². The molecule has 0 amide bonds. The summed E-state index contributed by atoms with van der Waals surface area (Å²) in [5.74, 6) is -0.693. The highest BCUT2D eigenvalue weighted by molar-refractivity contribution is 7.44. The average Bonchev–Trinajstić information content (AvgIpc) is 3.00. The molecule has 0 radical (unpaired) electrons. The van der Waals surface area contributed by atoms with Gasteiger partial charge in [0.1, 0.15) is 17.9 Å². The largest absolute Gasteiger partial charge is 0.756 e. The van der Waals surface area contributed by atoms with Gasteiger partial charge in [-0.3, -0.25) is 4.57 Å². The van der Waals surface area contributed by atoms with Crippen molar-refractivity contribution in [2.24, 2.45) is 11.8 Å². The van der Waals surface area contributed by atoms with Gasteiger partial charge in [-0.2, -0.15) is 0 Å². The van der Waals surface area contributed by atoms with Gasteiger partial charge in [0.25, 0.3) is 7.82 Å². The fourth-order valence-electron chi connectivity index (χ4n) is 3.90. The van der Waals surface area contributed by atoms with Crippen molar-refractivity contribution in [3.05, 3.63) is 12.7 Å². The fourth-order valence-corrected chi connectivity index (χ4v) is 4.26. The molecule has 130 valence electrons. The van der Waals surface area contributed by atoms with Crippen LogP contribution in [-0.2, 0) is 14.6 Å². The molecule has 0 bridgehead atoms. The van der Waals surface area contributed by atoms with E-state index in [9.17, 15) is 19.7 Å². The molecule has 4 rings (SSSR count). The van der Waals surface area contributed by atoms with Crippen molar-refractivity contribution in [1.29, 1.82) is 0 Å². The number of imidazole rings is 1. The van der Waals surface area contributed by atoms with Gasteiger partial charge in [0.15, 0.2) is 11.5 Å². The van der Waals surface area contributed by atoms with Crippen LogP contribution in [0.1, 0.15) is 6.42 Å². The number of phosphoric acid groups is 1. The number of aromatic nitrogens is 4. The highest BCUT2D eigenvalue weighted by Crippen LogP contribution is 2.64. The molecule has 2 saturated carbocycles. The normalized spacial score (nSPS) is 37.3. The molecule has 0 aromatic carbocycles. The van der Waals surface area contributed by atoms with Gasteiger partial charge in [-0.25, -0.2) is 15.0 Å².